The summed E-state index contributed by atoms with van der Waals surface area (Å²) in [6, 6.07) is 12.0. The van der Waals surface area contributed by atoms with Crippen molar-refractivity contribution in [2.75, 3.05) is 0 Å². The zero-order chi connectivity index (χ0) is 14.6. The highest BCUT2D eigenvalue weighted by Crippen LogP contribution is 2.31. The number of carbonyl (C=O) groups excluding carboxylic acids is 1. The van der Waals surface area contributed by atoms with Crippen LogP contribution in [0.4, 0.5) is 13.2 Å². The predicted octanol–water partition coefficient (Wildman–Crippen LogP) is 4.21. The van der Waals surface area contributed by atoms with Gasteiger partial charge in [0.15, 0.2) is 0 Å². The number of halogens is 3. The lowest BCUT2D eigenvalue weighted by atomic mass is 9.98. The Kier molecular flexibility index (Phi) is 4.01. The van der Waals surface area contributed by atoms with Gasteiger partial charge in [-0.15, -0.1) is 0 Å². The van der Waals surface area contributed by atoms with Gasteiger partial charge in [0.05, 0.1) is 12.1 Å². The van der Waals surface area contributed by atoms with Crippen molar-refractivity contribution < 1.29 is 18.0 Å². The average molecular weight is 277 g/mol. The van der Waals surface area contributed by atoms with Crippen molar-refractivity contribution in [1.82, 2.24) is 0 Å². The minimum absolute atomic E-state index is 0.153. The van der Waals surface area contributed by atoms with E-state index in [2.05, 4.69) is 4.99 Å². The van der Waals surface area contributed by atoms with Crippen LogP contribution >= 0.6 is 0 Å². The largest absolute Gasteiger partial charge is 0.416 e. The molecule has 102 valence electrons. The van der Waals surface area contributed by atoms with Crippen molar-refractivity contribution in [1.29, 1.82) is 0 Å². The standard InChI is InChI=1S/C15H10F3NO/c16-15(17,18)13-7-5-11(6-8-13)14-4-2-1-3-12(14)9-19-10-20/h1-8H,9H2. The van der Waals surface area contributed by atoms with Gasteiger partial charge in [-0.25, -0.2) is 9.79 Å². The molecular formula is C15H10F3NO. The predicted molar refractivity (Wildman–Crippen MR) is 68.7 cm³/mol. The van der Waals surface area contributed by atoms with Crippen LogP contribution in [0.25, 0.3) is 11.1 Å². The average Bonchev–Trinajstić information content (AvgIpc) is 2.45. The maximum atomic E-state index is 12.5. The number of hydrogen-bond acceptors (Lipinski definition) is 2. The molecule has 2 rings (SSSR count). The van der Waals surface area contributed by atoms with Gasteiger partial charge in [0.1, 0.15) is 0 Å². The molecule has 0 aliphatic rings. The van der Waals surface area contributed by atoms with Crippen LogP contribution in [0.1, 0.15) is 11.1 Å². The second-order valence-corrected chi connectivity index (χ2v) is 4.14. The zero-order valence-electron chi connectivity index (χ0n) is 10.3. The Morgan fingerprint density at radius 2 is 1.65 bits per heavy atom. The number of benzene rings is 2. The first-order valence-corrected chi connectivity index (χ1v) is 5.81. The normalized spacial score (nSPS) is 10.9. The maximum absolute atomic E-state index is 12.5. The Morgan fingerprint density at radius 1 is 1.00 bits per heavy atom. The van der Waals surface area contributed by atoms with Crippen LogP contribution in [0.2, 0.25) is 0 Å². The third kappa shape index (κ3) is 3.13. The lowest BCUT2D eigenvalue weighted by Crippen LogP contribution is -2.04. The minimum Gasteiger partial charge on any atom is -0.211 e. The van der Waals surface area contributed by atoms with E-state index in [1.807, 2.05) is 0 Å². The summed E-state index contributed by atoms with van der Waals surface area (Å²) in [5.74, 6) is 0. The molecule has 0 fully saturated rings. The van der Waals surface area contributed by atoms with Gasteiger partial charge in [-0.2, -0.15) is 13.2 Å². The molecule has 20 heavy (non-hydrogen) atoms. The van der Waals surface area contributed by atoms with Gasteiger partial charge in [0.2, 0.25) is 6.08 Å². The first-order chi connectivity index (χ1) is 9.52. The summed E-state index contributed by atoms with van der Waals surface area (Å²) in [6.07, 6.45) is -2.90. The number of rotatable bonds is 3. The Bertz CT molecular complexity index is 641. The van der Waals surface area contributed by atoms with Gasteiger partial charge >= 0.3 is 6.18 Å². The maximum Gasteiger partial charge on any atom is 0.416 e. The molecule has 0 radical (unpaired) electrons. The molecule has 0 saturated carbocycles. The van der Waals surface area contributed by atoms with Crippen LogP contribution in [0.3, 0.4) is 0 Å². The van der Waals surface area contributed by atoms with E-state index in [1.165, 1.54) is 18.2 Å². The topological polar surface area (TPSA) is 29.4 Å². The van der Waals surface area contributed by atoms with E-state index in [0.717, 1.165) is 23.3 Å². The molecule has 2 aromatic carbocycles. The summed E-state index contributed by atoms with van der Waals surface area (Å²) in [5, 5.41) is 0. The summed E-state index contributed by atoms with van der Waals surface area (Å²) in [7, 11) is 0. The van der Waals surface area contributed by atoms with Crippen molar-refractivity contribution in [2.45, 2.75) is 12.7 Å². The lowest BCUT2D eigenvalue weighted by molar-refractivity contribution is -0.137. The highest BCUT2D eigenvalue weighted by molar-refractivity contribution is 5.67. The van der Waals surface area contributed by atoms with E-state index < -0.39 is 11.7 Å². The molecule has 2 aromatic rings. The van der Waals surface area contributed by atoms with Gasteiger partial charge in [-0.3, -0.25) is 0 Å². The van der Waals surface area contributed by atoms with E-state index in [-0.39, 0.29) is 6.54 Å². The smallest absolute Gasteiger partial charge is 0.211 e. The second kappa shape index (κ2) is 5.72. The molecule has 0 N–H and O–H groups in total. The zero-order valence-corrected chi connectivity index (χ0v) is 10.3. The Labute approximate surface area is 113 Å². The lowest BCUT2D eigenvalue weighted by Gasteiger charge is -2.10. The molecular weight excluding hydrogens is 267 g/mol. The van der Waals surface area contributed by atoms with Crippen LogP contribution in [-0.2, 0) is 17.5 Å². The SMILES string of the molecule is O=C=NCc1ccccc1-c1ccc(C(F)(F)F)cc1. The number of aliphatic imine (C=N–C) groups is 1. The molecule has 0 aliphatic carbocycles. The van der Waals surface area contributed by atoms with Crippen molar-refractivity contribution in [2.24, 2.45) is 4.99 Å². The number of nitrogens with zero attached hydrogens (tertiary/aromatic N) is 1. The minimum atomic E-state index is -4.35. The van der Waals surface area contributed by atoms with Crippen LogP contribution < -0.4 is 0 Å². The summed E-state index contributed by atoms with van der Waals surface area (Å²) in [6.45, 7) is 0.153. The summed E-state index contributed by atoms with van der Waals surface area (Å²) in [5.41, 5.74) is 1.47. The molecule has 0 unspecified atom stereocenters. The van der Waals surface area contributed by atoms with E-state index in [4.69, 9.17) is 0 Å². The molecule has 2 nitrogen and oxygen atoms in total. The molecule has 0 aromatic heterocycles. The van der Waals surface area contributed by atoms with Crippen molar-refractivity contribution in [3.8, 4) is 11.1 Å². The van der Waals surface area contributed by atoms with E-state index >= 15 is 0 Å². The first kappa shape index (κ1) is 14.0. The van der Waals surface area contributed by atoms with Crippen molar-refractivity contribution in [3.05, 3.63) is 59.7 Å². The number of hydrogen-bond donors (Lipinski definition) is 0. The molecule has 0 spiro atoms. The molecule has 0 heterocycles. The van der Waals surface area contributed by atoms with Crippen LogP contribution in [0.5, 0.6) is 0 Å². The quantitative estimate of drug-likeness (QED) is 0.610. The Balaban J connectivity index is 2.39. The fourth-order valence-corrected chi connectivity index (χ4v) is 1.90. The number of isocyanates is 1. The van der Waals surface area contributed by atoms with E-state index in [1.54, 1.807) is 24.3 Å². The summed E-state index contributed by atoms with van der Waals surface area (Å²) >= 11 is 0. The fraction of sp³-hybridized carbons (Fsp3) is 0.133. The van der Waals surface area contributed by atoms with E-state index in [0.29, 0.717) is 5.56 Å². The van der Waals surface area contributed by atoms with Gasteiger partial charge in [-0.1, -0.05) is 36.4 Å². The van der Waals surface area contributed by atoms with Crippen molar-refractivity contribution in [3.63, 3.8) is 0 Å². The summed E-state index contributed by atoms with van der Waals surface area (Å²) in [4.78, 5) is 13.7. The molecule has 0 bridgehead atoms. The first-order valence-electron chi connectivity index (χ1n) is 5.81. The molecule has 0 atom stereocenters. The van der Waals surface area contributed by atoms with Crippen molar-refractivity contribution >= 4 is 6.08 Å². The van der Waals surface area contributed by atoms with Crippen LogP contribution in [-0.4, -0.2) is 6.08 Å². The summed E-state index contributed by atoms with van der Waals surface area (Å²) < 4.78 is 37.5. The van der Waals surface area contributed by atoms with Crippen LogP contribution in [0, 0.1) is 0 Å². The van der Waals surface area contributed by atoms with Gasteiger partial charge in [-0.05, 0) is 28.8 Å². The van der Waals surface area contributed by atoms with Gasteiger partial charge in [0, 0.05) is 0 Å². The molecule has 0 aliphatic heterocycles. The Hall–Kier alpha value is -2.39. The monoisotopic (exact) mass is 277 g/mol. The second-order valence-electron chi connectivity index (χ2n) is 4.14. The molecule has 5 heteroatoms. The number of alkyl halides is 3. The highest BCUT2D eigenvalue weighted by atomic mass is 19.4. The molecule has 0 amide bonds. The highest BCUT2D eigenvalue weighted by Gasteiger charge is 2.29. The molecule has 0 saturated heterocycles. The van der Waals surface area contributed by atoms with Crippen LogP contribution in [0.15, 0.2) is 53.5 Å². The van der Waals surface area contributed by atoms with Gasteiger partial charge in [0.25, 0.3) is 0 Å². The van der Waals surface area contributed by atoms with E-state index in [9.17, 15) is 18.0 Å². The fourth-order valence-electron chi connectivity index (χ4n) is 1.90. The van der Waals surface area contributed by atoms with Gasteiger partial charge < -0.3 is 0 Å². The third-order valence-electron chi connectivity index (χ3n) is 2.85. The Morgan fingerprint density at radius 3 is 2.25 bits per heavy atom. The third-order valence-corrected chi connectivity index (χ3v) is 2.85.